The average molecular weight is 470 g/mol. The van der Waals surface area contributed by atoms with Gasteiger partial charge >= 0.3 is 0 Å². The Kier molecular flexibility index (Phi) is 7.71. The highest BCUT2D eigenvalue weighted by atomic mass is 79.9. The molecule has 2 aromatic carbocycles. The van der Waals surface area contributed by atoms with Gasteiger partial charge in [-0.25, -0.2) is 0 Å². The van der Waals surface area contributed by atoms with Gasteiger partial charge in [0.1, 0.15) is 0 Å². The van der Waals surface area contributed by atoms with Crippen molar-refractivity contribution in [2.75, 3.05) is 50.2 Å². The van der Waals surface area contributed by atoms with Crippen molar-refractivity contribution in [3.05, 3.63) is 45.4 Å². The van der Waals surface area contributed by atoms with Crippen molar-refractivity contribution < 1.29 is 14.2 Å². The Labute approximate surface area is 180 Å². The molecule has 7 heteroatoms. The first-order valence-electron chi connectivity index (χ1n) is 9.47. The van der Waals surface area contributed by atoms with Gasteiger partial charge < -0.3 is 24.4 Å². The number of ether oxygens (including phenoxy) is 3. The molecule has 28 heavy (non-hydrogen) atoms. The summed E-state index contributed by atoms with van der Waals surface area (Å²) in [5.41, 5.74) is 3.11. The highest BCUT2D eigenvalue weighted by molar-refractivity contribution is 9.10. The molecule has 0 aromatic heterocycles. The molecule has 152 valence electrons. The lowest BCUT2D eigenvalue weighted by molar-refractivity contribution is 0.122. The fourth-order valence-electron chi connectivity index (χ4n) is 3.10. The average Bonchev–Trinajstić information content (AvgIpc) is 2.71. The van der Waals surface area contributed by atoms with Crippen molar-refractivity contribution in [3.8, 4) is 11.5 Å². The lowest BCUT2D eigenvalue weighted by Crippen LogP contribution is -2.36. The molecular weight excluding hydrogens is 444 g/mol. The Bertz CT molecular complexity index is 797. The number of benzene rings is 2. The molecule has 1 fully saturated rings. The van der Waals surface area contributed by atoms with E-state index < -0.39 is 0 Å². The predicted molar refractivity (Wildman–Crippen MR) is 118 cm³/mol. The van der Waals surface area contributed by atoms with Crippen molar-refractivity contribution in [3.63, 3.8) is 0 Å². The number of anilines is 2. The number of nitrogens with one attached hydrogen (secondary N) is 1. The van der Waals surface area contributed by atoms with Crippen molar-refractivity contribution >= 4 is 38.9 Å². The van der Waals surface area contributed by atoms with Gasteiger partial charge in [0.25, 0.3) is 0 Å². The molecule has 0 amide bonds. The van der Waals surface area contributed by atoms with Crippen LogP contribution in [0.1, 0.15) is 18.9 Å². The van der Waals surface area contributed by atoms with Gasteiger partial charge in [0.15, 0.2) is 11.5 Å². The molecule has 1 aliphatic rings. The molecule has 3 rings (SSSR count). The number of methoxy groups -OCH3 is 1. The van der Waals surface area contributed by atoms with E-state index in [1.165, 1.54) is 0 Å². The standard InChI is InChI=1S/C21H26BrClN2O3/c1-3-8-28-21-17(22)11-15(12-20(21)26-2)14-24-16-4-5-19(18(23)13-16)25-6-9-27-10-7-25/h4-5,11-13,24H,3,6-10,14H2,1-2H3. The molecule has 0 spiro atoms. The Hall–Kier alpha value is -1.63. The molecule has 1 N–H and O–H groups in total. The van der Waals surface area contributed by atoms with Gasteiger partial charge in [0, 0.05) is 25.3 Å². The van der Waals surface area contributed by atoms with Gasteiger partial charge in [-0.2, -0.15) is 0 Å². The molecule has 0 unspecified atom stereocenters. The van der Waals surface area contributed by atoms with Gasteiger partial charge in [-0.1, -0.05) is 18.5 Å². The summed E-state index contributed by atoms with van der Waals surface area (Å²) in [6, 6.07) is 10.1. The van der Waals surface area contributed by atoms with E-state index in [9.17, 15) is 0 Å². The van der Waals surface area contributed by atoms with E-state index in [1.54, 1.807) is 7.11 Å². The summed E-state index contributed by atoms with van der Waals surface area (Å²) < 4.78 is 17.6. The van der Waals surface area contributed by atoms with E-state index in [0.29, 0.717) is 13.2 Å². The highest BCUT2D eigenvalue weighted by Crippen LogP contribution is 2.37. The third kappa shape index (κ3) is 5.25. The van der Waals surface area contributed by atoms with E-state index in [-0.39, 0.29) is 0 Å². The summed E-state index contributed by atoms with van der Waals surface area (Å²) in [6.07, 6.45) is 0.945. The number of morpholine rings is 1. The smallest absolute Gasteiger partial charge is 0.175 e. The van der Waals surface area contributed by atoms with E-state index in [1.807, 2.05) is 18.2 Å². The molecule has 1 aliphatic heterocycles. The van der Waals surface area contributed by atoms with Crippen LogP contribution in [0.15, 0.2) is 34.8 Å². The molecule has 2 aromatic rings. The fourth-order valence-corrected chi connectivity index (χ4v) is 4.01. The summed E-state index contributed by atoms with van der Waals surface area (Å²) in [5.74, 6) is 1.46. The second kappa shape index (κ2) is 10.2. The van der Waals surface area contributed by atoms with Gasteiger partial charge in [-0.15, -0.1) is 0 Å². The van der Waals surface area contributed by atoms with Gasteiger partial charge in [-0.3, -0.25) is 0 Å². The van der Waals surface area contributed by atoms with Crippen LogP contribution >= 0.6 is 27.5 Å². The highest BCUT2D eigenvalue weighted by Gasteiger charge is 2.15. The van der Waals surface area contributed by atoms with E-state index >= 15 is 0 Å². The molecule has 0 bridgehead atoms. The Morgan fingerprint density at radius 2 is 2.00 bits per heavy atom. The second-order valence-electron chi connectivity index (χ2n) is 6.58. The van der Waals surface area contributed by atoms with Crippen LogP contribution in [0, 0.1) is 0 Å². The zero-order valence-corrected chi connectivity index (χ0v) is 18.6. The number of hydrogen-bond donors (Lipinski definition) is 1. The first kappa shape index (κ1) is 21.1. The van der Waals surface area contributed by atoms with Gasteiger partial charge in [-0.05, 0) is 58.2 Å². The Morgan fingerprint density at radius 1 is 1.21 bits per heavy atom. The molecule has 0 atom stereocenters. The summed E-state index contributed by atoms with van der Waals surface area (Å²) in [4.78, 5) is 2.26. The van der Waals surface area contributed by atoms with Crippen LogP contribution in [0.3, 0.4) is 0 Å². The summed E-state index contributed by atoms with van der Waals surface area (Å²) in [6.45, 7) is 6.60. The zero-order valence-electron chi connectivity index (χ0n) is 16.3. The molecular formula is C21H26BrClN2O3. The number of rotatable bonds is 8. The Balaban J connectivity index is 1.68. The van der Waals surface area contributed by atoms with E-state index in [4.69, 9.17) is 25.8 Å². The lowest BCUT2D eigenvalue weighted by atomic mass is 10.2. The first-order chi connectivity index (χ1) is 13.6. The quantitative estimate of drug-likeness (QED) is 0.564. The van der Waals surface area contributed by atoms with E-state index in [0.717, 1.165) is 70.7 Å². The molecule has 0 saturated carbocycles. The van der Waals surface area contributed by atoms with Crippen LogP contribution in [-0.4, -0.2) is 40.0 Å². The molecule has 0 radical (unpaired) electrons. The van der Waals surface area contributed by atoms with Crippen LogP contribution < -0.4 is 19.7 Å². The SMILES string of the molecule is CCCOc1c(Br)cc(CNc2ccc(N3CCOCC3)c(Cl)c2)cc1OC. The van der Waals surface area contributed by atoms with Crippen LogP contribution in [-0.2, 0) is 11.3 Å². The molecule has 1 heterocycles. The summed E-state index contributed by atoms with van der Waals surface area (Å²) in [7, 11) is 1.65. The zero-order chi connectivity index (χ0) is 19.9. The van der Waals surface area contributed by atoms with Gasteiger partial charge in [0.2, 0.25) is 0 Å². The second-order valence-corrected chi connectivity index (χ2v) is 7.84. The minimum atomic E-state index is 0.649. The fraction of sp³-hybridized carbons (Fsp3) is 0.429. The molecule has 1 saturated heterocycles. The van der Waals surface area contributed by atoms with Crippen LogP contribution in [0.4, 0.5) is 11.4 Å². The number of nitrogens with zero attached hydrogens (tertiary/aromatic N) is 1. The minimum Gasteiger partial charge on any atom is -0.493 e. The summed E-state index contributed by atoms with van der Waals surface area (Å²) >= 11 is 10.1. The third-order valence-corrected chi connectivity index (χ3v) is 5.43. The normalized spacial score (nSPS) is 14.1. The van der Waals surface area contributed by atoms with Crippen molar-refractivity contribution in [2.45, 2.75) is 19.9 Å². The predicted octanol–water partition coefficient (Wildman–Crippen LogP) is 5.35. The Morgan fingerprint density at radius 3 is 2.68 bits per heavy atom. The van der Waals surface area contributed by atoms with Crippen molar-refractivity contribution in [1.29, 1.82) is 0 Å². The third-order valence-electron chi connectivity index (χ3n) is 4.54. The van der Waals surface area contributed by atoms with E-state index in [2.05, 4.69) is 45.2 Å². The number of halogens is 2. The maximum Gasteiger partial charge on any atom is 0.175 e. The minimum absolute atomic E-state index is 0.649. The topological polar surface area (TPSA) is 43.0 Å². The largest absolute Gasteiger partial charge is 0.493 e. The van der Waals surface area contributed by atoms with Gasteiger partial charge in [0.05, 0.1) is 42.1 Å². The lowest BCUT2D eigenvalue weighted by Gasteiger charge is -2.29. The monoisotopic (exact) mass is 468 g/mol. The maximum atomic E-state index is 6.52. The first-order valence-corrected chi connectivity index (χ1v) is 10.6. The summed E-state index contributed by atoms with van der Waals surface area (Å²) in [5, 5.41) is 4.17. The maximum absolute atomic E-state index is 6.52. The van der Waals surface area contributed by atoms with Crippen LogP contribution in [0.5, 0.6) is 11.5 Å². The van der Waals surface area contributed by atoms with Crippen molar-refractivity contribution in [2.24, 2.45) is 0 Å². The van der Waals surface area contributed by atoms with Crippen LogP contribution in [0.2, 0.25) is 5.02 Å². The van der Waals surface area contributed by atoms with Crippen molar-refractivity contribution in [1.82, 2.24) is 0 Å². The van der Waals surface area contributed by atoms with Crippen LogP contribution in [0.25, 0.3) is 0 Å². The number of hydrogen-bond acceptors (Lipinski definition) is 5. The molecule has 0 aliphatic carbocycles. The molecule has 5 nitrogen and oxygen atoms in total.